The van der Waals surface area contributed by atoms with Crippen LogP contribution >= 0.6 is 11.3 Å². The van der Waals surface area contributed by atoms with E-state index in [1.54, 1.807) is 11.3 Å². The van der Waals surface area contributed by atoms with Gasteiger partial charge in [0.25, 0.3) is 0 Å². The van der Waals surface area contributed by atoms with Crippen molar-refractivity contribution in [3.8, 4) is 0 Å². The Hall–Kier alpha value is -2.14. The SMILES string of the molecule is C[Si](C)(C)CCOCn1nc(C2CCCC2)sc1=Nc1ccc2ncc(NC3CCOC3)cc2n1. The molecule has 0 aromatic carbocycles. The van der Waals surface area contributed by atoms with Crippen molar-refractivity contribution in [2.75, 3.05) is 25.1 Å². The average Bonchev–Trinajstić information content (AvgIpc) is 3.59. The number of nitrogens with one attached hydrogen (secondary N) is 1. The molecular formula is C25H36N6O2SSi. The number of aromatic nitrogens is 4. The molecule has 1 atom stereocenters. The van der Waals surface area contributed by atoms with E-state index >= 15 is 0 Å². The maximum Gasteiger partial charge on any atom is 0.211 e. The second kappa shape index (κ2) is 10.9. The Morgan fingerprint density at radius 3 is 2.83 bits per heavy atom. The number of hydrogen-bond donors (Lipinski definition) is 1. The van der Waals surface area contributed by atoms with Crippen LogP contribution in [0.2, 0.25) is 25.7 Å². The van der Waals surface area contributed by atoms with E-state index in [1.165, 1.54) is 30.7 Å². The van der Waals surface area contributed by atoms with Gasteiger partial charge in [0.1, 0.15) is 11.7 Å². The molecule has 2 fully saturated rings. The number of anilines is 1. The van der Waals surface area contributed by atoms with Crippen LogP contribution in [0, 0.1) is 0 Å². The molecule has 1 saturated carbocycles. The molecule has 0 radical (unpaired) electrons. The highest BCUT2D eigenvalue weighted by atomic mass is 32.1. The van der Waals surface area contributed by atoms with E-state index in [9.17, 15) is 0 Å². The van der Waals surface area contributed by atoms with Crippen molar-refractivity contribution in [1.29, 1.82) is 0 Å². The maximum absolute atomic E-state index is 6.03. The summed E-state index contributed by atoms with van der Waals surface area (Å²) < 4.78 is 13.4. The van der Waals surface area contributed by atoms with Gasteiger partial charge in [-0.05, 0) is 43.5 Å². The average molecular weight is 513 g/mol. The molecule has 0 bridgehead atoms. The number of hydrogen-bond acceptors (Lipinski definition) is 8. The molecule has 35 heavy (non-hydrogen) atoms. The Bertz CT molecular complexity index is 1210. The first-order valence-corrected chi connectivity index (χ1v) is 17.3. The molecular weight excluding hydrogens is 476 g/mol. The van der Waals surface area contributed by atoms with Crippen LogP contribution in [0.1, 0.15) is 43.0 Å². The lowest BCUT2D eigenvalue weighted by Crippen LogP contribution is -2.24. The van der Waals surface area contributed by atoms with Crippen LogP contribution in [0.5, 0.6) is 0 Å². The monoisotopic (exact) mass is 512 g/mol. The van der Waals surface area contributed by atoms with Crippen LogP contribution in [0.4, 0.5) is 11.5 Å². The quantitative estimate of drug-likeness (QED) is 0.310. The summed E-state index contributed by atoms with van der Waals surface area (Å²) in [5, 5.41) is 9.59. The molecule has 10 heteroatoms. The number of rotatable bonds is 9. The molecule has 3 aromatic rings. The molecule has 1 saturated heterocycles. The molecule has 188 valence electrons. The molecule has 3 aromatic heterocycles. The summed E-state index contributed by atoms with van der Waals surface area (Å²) in [6, 6.07) is 7.43. The molecule has 5 rings (SSSR count). The predicted octanol–water partition coefficient (Wildman–Crippen LogP) is 5.29. The van der Waals surface area contributed by atoms with Gasteiger partial charge in [-0.1, -0.05) is 43.8 Å². The maximum atomic E-state index is 6.03. The molecule has 0 amide bonds. The van der Waals surface area contributed by atoms with E-state index in [0.717, 1.165) is 53.8 Å². The van der Waals surface area contributed by atoms with E-state index in [2.05, 4.69) is 29.9 Å². The van der Waals surface area contributed by atoms with E-state index in [-0.39, 0.29) is 0 Å². The van der Waals surface area contributed by atoms with E-state index < -0.39 is 8.07 Å². The van der Waals surface area contributed by atoms with Crippen molar-refractivity contribution in [3.63, 3.8) is 0 Å². The van der Waals surface area contributed by atoms with Gasteiger partial charge in [0.05, 0.1) is 35.6 Å². The first kappa shape index (κ1) is 24.5. The Labute approximate surface area is 211 Å². The van der Waals surface area contributed by atoms with E-state index in [4.69, 9.17) is 24.5 Å². The molecule has 0 spiro atoms. The Balaban J connectivity index is 1.40. The fraction of sp³-hybridized carbons (Fsp3) is 0.600. The summed E-state index contributed by atoms with van der Waals surface area (Å²) in [5.41, 5.74) is 2.65. The summed E-state index contributed by atoms with van der Waals surface area (Å²) in [4.78, 5) is 15.1. The summed E-state index contributed by atoms with van der Waals surface area (Å²) in [5.74, 6) is 1.21. The number of pyridine rings is 2. The van der Waals surface area contributed by atoms with E-state index in [0.29, 0.717) is 24.5 Å². The van der Waals surface area contributed by atoms with Gasteiger partial charge < -0.3 is 14.8 Å². The van der Waals surface area contributed by atoms with Crippen molar-refractivity contribution in [1.82, 2.24) is 19.7 Å². The van der Waals surface area contributed by atoms with Crippen LogP contribution in [0.25, 0.3) is 11.0 Å². The van der Waals surface area contributed by atoms with E-state index in [1.807, 2.05) is 29.1 Å². The lowest BCUT2D eigenvalue weighted by Gasteiger charge is -2.15. The van der Waals surface area contributed by atoms with Gasteiger partial charge in [-0.2, -0.15) is 10.1 Å². The van der Waals surface area contributed by atoms with Gasteiger partial charge in [-0.25, -0.2) is 9.67 Å². The standard InChI is InChI=1S/C25H36N6O2SSi/c1-35(2,3)13-12-33-17-31-25(34-24(30-31)18-6-4-5-7-18)29-23-9-8-21-22(28-23)14-20(15-26-21)27-19-10-11-32-16-19/h8-9,14-15,18-19,27H,4-7,10-13,16-17H2,1-3H3. The fourth-order valence-corrected chi connectivity index (χ4v) is 6.30. The van der Waals surface area contributed by atoms with Gasteiger partial charge in [0.15, 0.2) is 5.82 Å². The predicted molar refractivity (Wildman–Crippen MR) is 143 cm³/mol. The van der Waals surface area contributed by atoms with Crippen molar-refractivity contribution in [3.05, 3.63) is 34.2 Å². The minimum Gasteiger partial charge on any atom is -0.379 e. The second-order valence-corrected chi connectivity index (χ2v) is 17.4. The Morgan fingerprint density at radius 2 is 2.06 bits per heavy atom. The third-order valence-corrected chi connectivity index (χ3v) is 9.40. The van der Waals surface area contributed by atoms with Crippen molar-refractivity contribution < 1.29 is 9.47 Å². The molecule has 1 N–H and O–H groups in total. The zero-order valence-corrected chi connectivity index (χ0v) is 22.8. The molecule has 1 aliphatic carbocycles. The lowest BCUT2D eigenvalue weighted by atomic mass is 10.1. The largest absolute Gasteiger partial charge is 0.379 e. The van der Waals surface area contributed by atoms with Crippen molar-refractivity contribution in [2.45, 2.75) is 76.5 Å². The van der Waals surface area contributed by atoms with Crippen LogP contribution in [0.15, 0.2) is 29.4 Å². The topological polar surface area (TPSA) is 86.5 Å². The lowest BCUT2D eigenvalue weighted by molar-refractivity contribution is 0.0757. The highest BCUT2D eigenvalue weighted by Crippen LogP contribution is 2.34. The zero-order chi connectivity index (χ0) is 24.3. The second-order valence-electron chi connectivity index (χ2n) is 10.8. The van der Waals surface area contributed by atoms with Gasteiger partial charge in [0.2, 0.25) is 4.80 Å². The fourth-order valence-electron chi connectivity index (χ4n) is 4.48. The van der Waals surface area contributed by atoms with Gasteiger partial charge in [-0.3, -0.25) is 4.98 Å². The minimum atomic E-state index is -1.13. The van der Waals surface area contributed by atoms with Crippen LogP contribution < -0.4 is 10.1 Å². The smallest absolute Gasteiger partial charge is 0.211 e. The van der Waals surface area contributed by atoms with Gasteiger partial charge >= 0.3 is 0 Å². The number of ether oxygens (including phenoxy) is 2. The van der Waals surface area contributed by atoms with Crippen LogP contribution in [-0.4, -0.2) is 53.7 Å². The number of nitrogens with zero attached hydrogens (tertiary/aromatic N) is 5. The summed E-state index contributed by atoms with van der Waals surface area (Å²) in [6.45, 7) is 9.84. The molecule has 1 unspecified atom stereocenters. The summed E-state index contributed by atoms with van der Waals surface area (Å²) >= 11 is 1.68. The first-order chi connectivity index (χ1) is 16.9. The zero-order valence-electron chi connectivity index (χ0n) is 21.0. The Morgan fingerprint density at radius 1 is 1.20 bits per heavy atom. The number of fused-ring (bicyclic) bond motifs is 1. The van der Waals surface area contributed by atoms with Crippen LogP contribution in [0.3, 0.4) is 0 Å². The molecule has 1 aliphatic heterocycles. The summed E-state index contributed by atoms with van der Waals surface area (Å²) in [6.07, 6.45) is 7.87. The van der Waals surface area contributed by atoms with Crippen molar-refractivity contribution in [2.24, 2.45) is 4.99 Å². The van der Waals surface area contributed by atoms with Gasteiger partial charge in [-0.15, -0.1) is 0 Å². The molecule has 4 heterocycles. The molecule has 8 nitrogen and oxygen atoms in total. The van der Waals surface area contributed by atoms with Crippen molar-refractivity contribution >= 4 is 41.9 Å². The third kappa shape index (κ3) is 6.55. The summed E-state index contributed by atoms with van der Waals surface area (Å²) in [7, 11) is -1.13. The normalized spacial score (nSPS) is 19.7. The first-order valence-electron chi connectivity index (χ1n) is 12.7. The van der Waals surface area contributed by atoms with Crippen LogP contribution in [-0.2, 0) is 16.2 Å². The highest BCUT2D eigenvalue weighted by molar-refractivity contribution is 7.08. The highest BCUT2D eigenvalue weighted by Gasteiger charge is 2.22. The third-order valence-electron chi connectivity index (χ3n) is 6.58. The molecule has 2 aliphatic rings. The Kier molecular flexibility index (Phi) is 7.61. The van der Waals surface area contributed by atoms with Gasteiger partial charge in [0, 0.05) is 27.2 Å². The minimum absolute atomic E-state index is 0.327.